The molecule has 0 aliphatic carbocycles. The molecule has 1 aromatic carbocycles. The van der Waals surface area contributed by atoms with Gasteiger partial charge in [-0.1, -0.05) is 12.1 Å². The zero-order valence-electron chi connectivity index (χ0n) is 12.2. The van der Waals surface area contributed by atoms with Gasteiger partial charge in [0.25, 0.3) is 0 Å². The summed E-state index contributed by atoms with van der Waals surface area (Å²) in [6, 6.07) is 6.60. The quantitative estimate of drug-likeness (QED) is 0.800. The molecule has 0 spiro atoms. The molecule has 120 valence electrons. The Morgan fingerprint density at radius 2 is 2.09 bits per heavy atom. The monoisotopic (exact) mass is 332 g/mol. The van der Waals surface area contributed by atoms with E-state index in [1.54, 1.807) is 12.1 Å². The van der Waals surface area contributed by atoms with Crippen LogP contribution in [0.2, 0.25) is 0 Å². The second kappa shape index (κ2) is 6.25. The lowest BCUT2D eigenvalue weighted by Gasteiger charge is -2.20. The number of nitrogens with one attached hydrogen (secondary N) is 1. The predicted molar refractivity (Wildman–Crippen MR) is 88.3 cm³/mol. The topological polar surface area (TPSA) is 109 Å². The van der Waals surface area contributed by atoms with E-state index in [4.69, 9.17) is 10.8 Å². The van der Waals surface area contributed by atoms with Gasteiger partial charge in [0.2, 0.25) is 5.91 Å². The maximum atomic E-state index is 12.2. The van der Waals surface area contributed by atoms with Crippen LogP contribution in [0.3, 0.4) is 0 Å². The lowest BCUT2D eigenvalue weighted by Crippen LogP contribution is -2.42. The molecule has 1 aromatic heterocycles. The molecule has 0 radical (unpaired) electrons. The minimum Gasteiger partial charge on any atom is -0.465 e. The molecule has 1 unspecified atom stereocenters. The molecule has 0 saturated carbocycles. The first-order chi connectivity index (χ1) is 11.0. The van der Waals surface area contributed by atoms with Gasteiger partial charge >= 0.3 is 6.09 Å². The first-order valence-electron chi connectivity index (χ1n) is 7.16. The number of nitrogens with zero attached hydrogens (tertiary/aromatic N) is 2. The fourth-order valence-corrected chi connectivity index (χ4v) is 3.21. The van der Waals surface area contributed by atoms with Crippen LogP contribution in [0.15, 0.2) is 29.6 Å². The number of aromatic nitrogens is 1. The van der Waals surface area contributed by atoms with Gasteiger partial charge in [-0.2, -0.15) is 0 Å². The highest BCUT2D eigenvalue weighted by Gasteiger charge is 2.33. The Labute approximate surface area is 136 Å². The summed E-state index contributed by atoms with van der Waals surface area (Å²) in [5.74, 6) is -0.296. The Balaban J connectivity index is 1.68. The summed E-state index contributed by atoms with van der Waals surface area (Å²) >= 11 is 1.37. The number of hydrogen-bond donors (Lipinski definition) is 3. The summed E-state index contributed by atoms with van der Waals surface area (Å²) in [7, 11) is 0. The largest absolute Gasteiger partial charge is 0.465 e. The first-order valence-corrected chi connectivity index (χ1v) is 8.04. The minimum atomic E-state index is -1.06. The molecular formula is C15H16N4O3S. The average molecular weight is 332 g/mol. The third kappa shape index (κ3) is 3.26. The van der Waals surface area contributed by atoms with Crippen LogP contribution in [-0.4, -0.2) is 39.6 Å². The van der Waals surface area contributed by atoms with Gasteiger partial charge in [-0.25, -0.2) is 9.78 Å². The van der Waals surface area contributed by atoms with E-state index < -0.39 is 12.1 Å². The summed E-state index contributed by atoms with van der Waals surface area (Å²) in [5.41, 5.74) is 7.94. The van der Waals surface area contributed by atoms with Crippen LogP contribution in [0, 0.1) is 0 Å². The molecule has 4 N–H and O–H groups in total. The predicted octanol–water partition coefficient (Wildman–Crippen LogP) is 2.47. The van der Waals surface area contributed by atoms with E-state index >= 15 is 0 Å². The summed E-state index contributed by atoms with van der Waals surface area (Å²) in [4.78, 5) is 28.7. The van der Waals surface area contributed by atoms with Gasteiger partial charge < -0.3 is 16.2 Å². The second-order valence-corrected chi connectivity index (χ2v) is 6.16. The molecule has 1 fully saturated rings. The summed E-state index contributed by atoms with van der Waals surface area (Å²) in [6.45, 7) is 0.400. The zero-order valence-corrected chi connectivity index (χ0v) is 13.0. The van der Waals surface area contributed by atoms with Crippen molar-refractivity contribution < 1.29 is 14.7 Å². The number of nitrogens with two attached hydrogens (primary N) is 1. The maximum Gasteiger partial charge on any atom is 0.407 e. The number of anilines is 2. The van der Waals surface area contributed by atoms with E-state index in [0.717, 1.165) is 11.3 Å². The van der Waals surface area contributed by atoms with E-state index in [2.05, 4.69) is 10.3 Å². The number of carbonyl (C=O) groups is 2. The van der Waals surface area contributed by atoms with Gasteiger partial charge in [0.05, 0.1) is 5.69 Å². The average Bonchev–Trinajstić information content (AvgIpc) is 3.16. The number of carboxylic acid groups (broad SMARTS) is 1. The smallest absolute Gasteiger partial charge is 0.407 e. The van der Waals surface area contributed by atoms with Crippen molar-refractivity contribution >= 4 is 34.2 Å². The van der Waals surface area contributed by atoms with Crippen molar-refractivity contribution in [2.45, 2.75) is 18.9 Å². The summed E-state index contributed by atoms with van der Waals surface area (Å²) < 4.78 is 0. The van der Waals surface area contributed by atoms with Gasteiger partial charge in [-0.15, -0.1) is 11.3 Å². The third-order valence-electron chi connectivity index (χ3n) is 3.77. The van der Waals surface area contributed by atoms with Crippen molar-refractivity contribution in [1.29, 1.82) is 0 Å². The third-order valence-corrected chi connectivity index (χ3v) is 4.45. The van der Waals surface area contributed by atoms with Crippen LogP contribution < -0.4 is 11.1 Å². The van der Waals surface area contributed by atoms with Crippen LogP contribution in [0.25, 0.3) is 11.3 Å². The highest BCUT2D eigenvalue weighted by atomic mass is 32.1. The number of benzene rings is 1. The number of rotatable bonds is 3. The molecule has 23 heavy (non-hydrogen) atoms. The minimum absolute atomic E-state index is 0.296. The van der Waals surface area contributed by atoms with Gasteiger partial charge in [0.15, 0.2) is 5.13 Å². The fourth-order valence-electron chi connectivity index (χ4n) is 2.64. The Morgan fingerprint density at radius 3 is 2.70 bits per heavy atom. The van der Waals surface area contributed by atoms with E-state index in [-0.39, 0.29) is 5.91 Å². The molecule has 1 aliphatic heterocycles. The SMILES string of the molecule is Nc1nc(-c2ccc(NC(=O)C3CCCN3C(=O)O)cc2)cs1. The Hall–Kier alpha value is -2.61. The Bertz CT molecular complexity index is 729. The molecule has 7 nitrogen and oxygen atoms in total. The maximum absolute atomic E-state index is 12.2. The molecule has 1 aliphatic rings. The molecule has 2 heterocycles. The zero-order chi connectivity index (χ0) is 16.4. The molecule has 0 bridgehead atoms. The molecular weight excluding hydrogens is 316 g/mol. The first kappa shape index (κ1) is 15.3. The van der Waals surface area contributed by atoms with Gasteiger partial charge in [-0.3, -0.25) is 9.69 Å². The fraction of sp³-hybridized carbons (Fsp3) is 0.267. The van der Waals surface area contributed by atoms with Crippen LogP contribution in [0.4, 0.5) is 15.6 Å². The number of hydrogen-bond acceptors (Lipinski definition) is 5. The van der Waals surface area contributed by atoms with Crippen LogP contribution in [0.1, 0.15) is 12.8 Å². The van der Waals surface area contributed by atoms with Gasteiger partial charge in [-0.05, 0) is 25.0 Å². The van der Waals surface area contributed by atoms with E-state index in [1.165, 1.54) is 16.2 Å². The van der Waals surface area contributed by atoms with E-state index in [9.17, 15) is 9.59 Å². The number of likely N-dealkylation sites (tertiary alicyclic amines) is 1. The second-order valence-electron chi connectivity index (χ2n) is 5.27. The standard InChI is InChI=1S/C15H16N4O3S/c16-14-18-11(8-23-14)9-3-5-10(6-4-9)17-13(20)12-2-1-7-19(12)15(21)22/h3-6,8,12H,1-2,7H2,(H2,16,18)(H,17,20)(H,21,22). The molecule has 1 atom stereocenters. The Morgan fingerprint density at radius 1 is 1.35 bits per heavy atom. The molecule has 1 saturated heterocycles. The van der Waals surface area contributed by atoms with Gasteiger partial charge in [0, 0.05) is 23.2 Å². The number of nitrogen functional groups attached to an aromatic ring is 1. The van der Waals surface area contributed by atoms with Crippen molar-refractivity contribution in [1.82, 2.24) is 9.88 Å². The number of carbonyl (C=O) groups excluding carboxylic acids is 1. The highest BCUT2D eigenvalue weighted by Crippen LogP contribution is 2.25. The highest BCUT2D eigenvalue weighted by molar-refractivity contribution is 7.13. The Kier molecular flexibility index (Phi) is 4.16. The number of amides is 2. The number of thiazole rings is 1. The van der Waals surface area contributed by atoms with Crippen molar-refractivity contribution in [3.8, 4) is 11.3 Å². The molecule has 3 rings (SSSR count). The summed E-state index contributed by atoms with van der Waals surface area (Å²) in [5, 5.41) is 14.2. The molecule has 2 aromatic rings. The van der Waals surface area contributed by atoms with Crippen molar-refractivity contribution in [3.63, 3.8) is 0 Å². The van der Waals surface area contributed by atoms with Gasteiger partial charge in [0.1, 0.15) is 6.04 Å². The lowest BCUT2D eigenvalue weighted by atomic mass is 10.1. The van der Waals surface area contributed by atoms with Crippen molar-refractivity contribution in [2.24, 2.45) is 0 Å². The van der Waals surface area contributed by atoms with Crippen LogP contribution in [0.5, 0.6) is 0 Å². The normalized spacial score (nSPS) is 17.2. The van der Waals surface area contributed by atoms with Crippen molar-refractivity contribution in [3.05, 3.63) is 29.6 Å². The summed E-state index contributed by atoms with van der Waals surface area (Å²) in [6.07, 6.45) is 0.196. The van der Waals surface area contributed by atoms with Crippen LogP contribution >= 0.6 is 11.3 Å². The molecule has 8 heteroatoms. The van der Waals surface area contributed by atoms with E-state index in [1.807, 2.05) is 17.5 Å². The van der Waals surface area contributed by atoms with Crippen molar-refractivity contribution in [2.75, 3.05) is 17.6 Å². The van der Waals surface area contributed by atoms with Crippen LogP contribution in [-0.2, 0) is 4.79 Å². The van der Waals surface area contributed by atoms with E-state index in [0.29, 0.717) is 30.2 Å². The molecule has 2 amide bonds. The lowest BCUT2D eigenvalue weighted by molar-refractivity contribution is -0.119.